The van der Waals surface area contributed by atoms with Crippen molar-refractivity contribution < 1.29 is 203 Å². The van der Waals surface area contributed by atoms with E-state index in [1.165, 1.54) is 134 Å². The van der Waals surface area contributed by atoms with Gasteiger partial charge in [-0.1, -0.05) is 205 Å². The molecule has 0 bridgehead atoms. The summed E-state index contributed by atoms with van der Waals surface area (Å²) in [5.41, 5.74) is 0. The Balaban J connectivity index is 1.08. The van der Waals surface area contributed by atoms with E-state index in [4.69, 9.17) is 66.3 Å². The van der Waals surface area contributed by atoms with Crippen LogP contribution < -0.4 is 21.3 Å². The molecule has 0 aromatic rings. The number of allylic oxidation sites excluding steroid dienone is 3. The number of aliphatic hydroxyl groups is 21. The smallest absolute Gasteiger partial charge is 0.364 e. The van der Waals surface area contributed by atoms with Gasteiger partial charge in [0.2, 0.25) is 23.6 Å². The van der Waals surface area contributed by atoms with Crippen LogP contribution >= 0.6 is 0 Å². The molecule has 4 amide bonds. The van der Waals surface area contributed by atoms with Crippen LogP contribution in [0.15, 0.2) is 24.3 Å². The Hall–Kier alpha value is -4.57. The van der Waals surface area contributed by atoms with E-state index >= 15 is 0 Å². The SMILES string of the molecule is CCCCCCCC/C=C\CCCCCCCCCCCCCCCC(=O)N[C@@H](CO[C@@H]1OC(CO)[C@@H](O[C@@H]2OC(CO[C@@H]3OC(CO)[C@@H](O[C@@H]4OC(CO)[C@H](O)[C@H](O)C4O)[C@H](O)C3NC(C)=O)[C@H](O)[C@H](O[C@@H]3OC(CO)[C@@H](O[C@@H]4OC(CO[C@]5(C(=O)O)CC(O)[C@@H](NC(C)=O)C([C@H](O)[C@H](O)CO)O5)[C@H](O)[C@H](O)C4O)[C@H](O)C3NC(C)=O)C2O)[C@H](O)C1O)[C@H](O)/C=C/CCCCCCCCCCCCC. The Labute approximate surface area is 819 Å². The number of unbranched alkanes of at least 4 members (excludes halogenated alkanes) is 30. The van der Waals surface area contributed by atoms with Crippen LogP contribution in [0.4, 0.5) is 0 Å². The van der Waals surface area contributed by atoms with E-state index < -0.39 is 321 Å². The molecule has 45 heteroatoms. The van der Waals surface area contributed by atoms with Gasteiger partial charge in [-0.2, -0.15) is 0 Å². The van der Waals surface area contributed by atoms with E-state index in [2.05, 4.69) is 47.3 Å². The van der Waals surface area contributed by atoms with Crippen molar-refractivity contribution in [3.8, 4) is 0 Å². The first-order valence-corrected chi connectivity index (χ1v) is 50.7. The Morgan fingerprint density at radius 2 is 0.750 bits per heavy atom. The van der Waals surface area contributed by atoms with Crippen molar-refractivity contribution in [2.75, 3.05) is 52.9 Å². The molecule has 0 saturated carbocycles. The molecule has 45 nitrogen and oxygen atoms in total. The van der Waals surface area contributed by atoms with Crippen LogP contribution in [0.5, 0.6) is 0 Å². The van der Waals surface area contributed by atoms with Gasteiger partial charge in [-0.25, -0.2) is 4.79 Å². The molecule has 26 N–H and O–H groups in total. The summed E-state index contributed by atoms with van der Waals surface area (Å²) in [5.74, 6) is -8.13. The largest absolute Gasteiger partial charge is 0.477 e. The monoisotopic (exact) mass is 2020 g/mol. The maximum atomic E-state index is 13.8. The number of nitrogens with one attached hydrogen (secondary N) is 4. The summed E-state index contributed by atoms with van der Waals surface area (Å²) in [5, 5.41) is 257. The molecule has 7 aliphatic rings. The number of hydrogen-bond donors (Lipinski definition) is 26. The summed E-state index contributed by atoms with van der Waals surface area (Å²) < 4.78 is 83.7. The highest BCUT2D eigenvalue weighted by molar-refractivity contribution is 5.77. The molecule has 0 radical (unpaired) electrons. The Bertz CT molecular complexity index is 3500. The number of hydrogen-bond acceptors (Lipinski definition) is 40. The fraction of sp³-hybridized carbons (Fsp3) is 0.905. The highest BCUT2D eigenvalue weighted by Crippen LogP contribution is 2.40. The van der Waals surface area contributed by atoms with Crippen molar-refractivity contribution in [2.24, 2.45) is 0 Å². The fourth-order valence-electron chi connectivity index (χ4n) is 18.6. The van der Waals surface area contributed by atoms with Gasteiger partial charge in [-0.3, -0.25) is 19.2 Å². The van der Waals surface area contributed by atoms with Crippen LogP contribution in [0.1, 0.15) is 259 Å². The molecule has 0 spiro atoms. The molecule has 7 saturated heterocycles. The van der Waals surface area contributed by atoms with Gasteiger partial charge in [-0.05, 0) is 44.9 Å². The molecule has 7 aliphatic heterocycles. The van der Waals surface area contributed by atoms with Gasteiger partial charge >= 0.3 is 5.97 Å². The number of carbonyl (C=O) groups excluding carboxylic acids is 4. The zero-order chi connectivity index (χ0) is 103. The molecule has 0 aromatic carbocycles. The van der Waals surface area contributed by atoms with E-state index in [1.54, 1.807) is 6.08 Å². The normalized spacial score (nSPS) is 35.9. The summed E-state index contributed by atoms with van der Waals surface area (Å²) in [6, 6.07) is -6.62. The van der Waals surface area contributed by atoms with Crippen molar-refractivity contribution >= 4 is 29.6 Å². The average Bonchev–Trinajstić information content (AvgIpc) is 0.769. The van der Waals surface area contributed by atoms with E-state index in [9.17, 15) is 136 Å². The van der Waals surface area contributed by atoms with Crippen LogP contribution in [0.3, 0.4) is 0 Å². The third kappa shape index (κ3) is 37.6. The Morgan fingerprint density at radius 1 is 0.379 bits per heavy atom. The molecule has 14 unspecified atom stereocenters. The number of amides is 4. The quantitative estimate of drug-likeness (QED) is 0.0224. The van der Waals surface area contributed by atoms with E-state index in [1.807, 2.05) is 0 Å². The predicted octanol–water partition coefficient (Wildman–Crippen LogP) is -2.35. The van der Waals surface area contributed by atoms with Gasteiger partial charge in [-0.15, -0.1) is 0 Å². The maximum absolute atomic E-state index is 13.8. The van der Waals surface area contributed by atoms with Gasteiger partial charge in [0.05, 0.1) is 77.1 Å². The lowest BCUT2D eigenvalue weighted by Crippen LogP contribution is -2.70. The van der Waals surface area contributed by atoms with Crippen LogP contribution in [0.25, 0.3) is 0 Å². The molecule has 0 aliphatic carbocycles. The number of aliphatic carboxylic acids is 1. The van der Waals surface area contributed by atoms with Crippen molar-refractivity contribution in [2.45, 2.75) is 492 Å². The molecular weight excluding hydrogens is 1850 g/mol. The first-order chi connectivity index (χ1) is 67.0. The summed E-state index contributed by atoms with van der Waals surface area (Å²) in [6.07, 6.45) is -23.3. The number of aliphatic hydroxyl groups excluding tert-OH is 21. The van der Waals surface area contributed by atoms with Crippen molar-refractivity contribution in [1.29, 1.82) is 0 Å². The van der Waals surface area contributed by atoms with Gasteiger partial charge < -0.3 is 200 Å². The zero-order valence-electron chi connectivity index (χ0n) is 81.7. The lowest BCUT2D eigenvalue weighted by Gasteiger charge is -2.50. The van der Waals surface area contributed by atoms with Crippen LogP contribution in [0.2, 0.25) is 0 Å². The first-order valence-electron chi connectivity index (χ1n) is 50.7. The Morgan fingerprint density at radius 3 is 1.20 bits per heavy atom. The van der Waals surface area contributed by atoms with Crippen LogP contribution in [0, 0.1) is 0 Å². The van der Waals surface area contributed by atoms with Gasteiger partial charge in [0, 0.05) is 33.6 Å². The molecular formula is C95H168N4O41. The minimum absolute atomic E-state index is 0.106. The molecule has 7 rings (SSSR count). The van der Waals surface area contributed by atoms with E-state index in [0.717, 1.165) is 91.4 Å². The predicted molar refractivity (Wildman–Crippen MR) is 492 cm³/mol. The molecule has 38 atom stereocenters. The van der Waals surface area contributed by atoms with Crippen LogP contribution in [-0.2, 0) is 90.3 Å². The van der Waals surface area contributed by atoms with E-state index in [0.29, 0.717) is 12.8 Å². The third-order valence-electron chi connectivity index (χ3n) is 26.9. The Kier molecular flexibility index (Phi) is 56.5. The average molecular weight is 2020 g/mol. The first kappa shape index (κ1) is 122. The molecule has 7 heterocycles. The highest BCUT2D eigenvalue weighted by Gasteiger charge is 2.61. The summed E-state index contributed by atoms with van der Waals surface area (Å²) in [6.45, 7) is -0.782. The van der Waals surface area contributed by atoms with Crippen molar-refractivity contribution in [3.63, 3.8) is 0 Å². The number of carboxylic acid groups (broad SMARTS) is 1. The second-order valence-electron chi connectivity index (χ2n) is 38.2. The topological polar surface area (TPSA) is 708 Å². The van der Waals surface area contributed by atoms with Gasteiger partial charge in [0.25, 0.3) is 5.79 Å². The highest BCUT2D eigenvalue weighted by atomic mass is 16.8. The lowest BCUT2D eigenvalue weighted by molar-refractivity contribution is -0.386. The minimum atomic E-state index is -3.06. The number of carboxylic acids is 1. The molecule has 814 valence electrons. The molecule has 7 fully saturated rings. The van der Waals surface area contributed by atoms with Crippen LogP contribution in [-0.4, -0.2) is 427 Å². The molecule has 140 heavy (non-hydrogen) atoms. The number of ether oxygens (including phenoxy) is 14. The number of rotatable bonds is 66. The van der Waals surface area contributed by atoms with E-state index in [-0.39, 0.29) is 6.42 Å². The maximum Gasteiger partial charge on any atom is 0.364 e. The fourth-order valence-corrected chi connectivity index (χ4v) is 18.6. The summed E-state index contributed by atoms with van der Waals surface area (Å²) in [4.78, 5) is 65.3. The molecule has 0 aromatic heterocycles. The van der Waals surface area contributed by atoms with Crippen molar-refractivity contribution in [1.82, 2.24) is 21.3 Å². The van der Waals surface area contributed by atoms with Gasteiger partial charge in [0.15, 0.2) is 37.7 Å². The summed E-state index contributed by atoms with van der Waals surface area (Å²) in [7, 11) is 0. The minimum Gasteiger partial charge on any atom is -0.477 e. The zero-order valence-corrected chi connectivity index (χ0v) is 81.7. The number of carbonyl (C=O) groups is 5. The van der Waals surface area contributed by atoms with Crippen molar-refractivity contribution in [3.05, 3.63) is 24.3 Å². The van der Waals surface area contributed by atoms with Gasteiger partial charge in [0.1, 0.15) is 165 Å². The second kappa shape index (κ2) is 64.6. The second-order valence-corrected chi connectivity index (χ2v) is 38.2. The third-order valence-corrected chi connectivity index (χ3v) is 26.9. The standard InChI is InChI=1S/C95H168N4O41/c1-6-8-10-12-14-16-18-20-21-22-23-24-25-26-27-28-29-31-33-35-37-39-41-43-66(111)99-56(57(108)42-40-38-36-34-32-30-19-17-15-13-11-9-7-2)50-127-90-81(123)78(120)85(63(49-104)133-90)138-93-82(124)87(73(115)64(134-93)51-128-88-68(97-54(4)106)74(116)83(61(47-102)131-88)136-91-79(121)76(118)71(113)60(46-101)130-91)139-89-69(98-55(5)107)75(117)84(62(48-103)132-89)137-92-80(122)77(119)72(114)65(135-92)52-129-95(94(125)126)44-58(109)67(96-53(3)105)86(140-95)70(112)59(110)45-100/h20-21,40,42,56-65,67-93,100-104,108-110,112-124H,6-19,22-39,41,43-52H2,1-5H3,(H,96,105)(H,97,106)(H,98,107)(H,99,111)(H,125,126)/b21-20-,42-40+/t56-,57+,58?,59+,60?,61?,62?,63?,64?,65?,67+,68?,69?,70+,71-,72-,73-,74+,75+,76-,77-,78+,79?,80?,81?,82?,83+,84+,85+,86?,87-,88+,89-,90+,91-,92-,93-,95+/m0/s1. The lowest BCUT2D eigenvalue weighted by atomic mass is 9.88. The summed E-state index contributed by atoms with van der Waals surface area (Å²) >= 11 is 0.